The van der Waals surface area contributed by atoms with Crippen LogP contribution in [0.15, 0.2) is 46.6 Å². The van der Waals surface area contributed by atoms with Gasteiger partial charge in [-0.1, -0.05) is 40.5 Å². The Morgan fingerprint density at radius 3 is 2.65 bits per heavy atom. The van der Waals surface area contributed by atoms with Gasteiger partial charge in [-0.05, 0) is 55.8 Å². The third kappa shape index (κ3) is 3.29. The van der Waals surface area contributed by atoms with Crippen LogP contribution in [0, 0.1) is 0 Å². The van der Waals surface area contributed by atoms with E-state index in [0.717, 1.165) is 23.1 Å². The van der Waals surface area contributed by atoms with E-state index in [0.29, 0.717) is 23.4 Å². The number of Topliss-reactive ketones (excluding diaryl/α,β-unsaturated/α-hetero) is 1. The minimum atomic E-state index is -0.143. The Balaban J connectivity index is 1.67. The molecule has 26 heavy (non-hydrogen) atoms. The predicted octanol–water partition coefficient (Wildman–Crippen LogP) is 4.76. The molecule has 134 valence electrons. The third-order valence-electron chi connectivity index (χ3n) is 4.94. The van der Waals surface area contributed by atoms with E-state index in [-0.39, 0.29) is 17.3 Å². The average molecular weight is 414 g/mol. The summed E-state index contributed by atoms with van der Waals surface area (Å²) in [6, 6.07) is 10.9. The number of ketones is 1. The molecule has 2 aromatic carbocycles. The van der Waals surface area contributed by atoms with Gasteiger partial charge in [-0.25, -0.2) is 0 Å². The van der Waals surface area contributed by atoms with Gasteiger partial charge >= 0.3 is 0 Å². The number of benzene rings is 2. The maximum absolute atomic E-state index is 12.8. The average Bonchev–Trinajstić information content (AvgIpc) is 2.96. The number of likely N-dealkylation sites (tertiary alicyclic amines) is 1. The zero-order chi connectivity index (χ0) is 18.1. The number of piperidine rings is 1. The molecule has 2 aliphatic rings. The van der Waals surface area contributed by atoms with Gasteiger partial charge in [0.15, 0.2) is 5.76 Å². The van der Waals surface area contributed by atoms with Crippen LogP contribution in [-0.4, -0.2) is 28.9 Å². The van der Waals surface area contributed by atoms with Crippen molar-refractivity contribution in [1.82, 2.24) is 4.90 Å². The zero-order valence-corrected chi connectivity index (χ0v) is 16.0. The van der Waals surface area contributed by atoms with Crippen LogP contribution < -0.4 is 4.74 Å². The second-order valence-electron chi connectivity index (χ2n) is 6.74. The first-order valence-electron chi connectivity index (χ1n) is 8.89. The minimum Gasteiger partial charge on any atom is -0.507 e. The van der Waals surface area contributed by atoms with E-state index in [4.69, 9.17) is 4.74 Å². The van der Waals surface area contributed by atoms with E-state index < -0.39 is 0 Å². The number of phenolic OH excluding ortho intramolecular Hbond substituents is 1. The highest BCUT2D eigenvalue weighted by Crippen LogP contribution is 2.40. The Morgan fingerprint density at radius 1 is 1.12 bits per heavy atom. The van der Waals surface area contributed by atoms with Crippen molar-refractivity contribution in [2.45, 2.75) is 25.8 Å². The van der Waals surface area contributed by atoms with Crippen LogP contribution in [0.3, 0.4) is 0 Å². The quantitative estimate of drug-likeness (QED) is 0.737. The molecule has 5 heteroatoms. The highest BCUT2D eigenvalue weighted by atomic mass is 79.9. The summed E-state index contributed by atoms with van der Waals surface area (Å²) in [5, 5.41) is 10.4. The van der Waals surface area contributed by atoms with Gasteiger partial charge in [0, 0.05) is 11.0 Å². The molecule has 1 N–H and O–H groups in total. The summed E-state index contributed by atoms with van der Waals surface area (Å²) in [5.41, 5.74) is 2.10. The van der Waals surface area contributed by atoms with Crippen LogP contribution in [0.5, 0.6) is 11.5 Å². The van der Waals surface area contributed by atoms with E-state index in [2.05, 4.69) is 20.8 Å². The molecule has 0 atom stereocenters. The molecule has 4 nitrogen and oxygen atoms in total. The molecule has 0 unspecified atom stereocenters. The number of carbonyl (C=O) groups excluding carboxylic acids is 1. The Hall–Kier alpha value is -2.11. The molecule has 1 saturated heterocycles. The van der Waals surface area contributed by atoms with Crippen LogP contribution in [0.1, 0.15) is 40.7 Å². The van der Waals surface area contributed by atoms with Crippen molar-refractivity contribution in [2.75, 3.05) is 13.1 Å². The number of fused-ring (bicyclic) bond motifs is 1. The van der Waals surface area contributed by atoms with E-state index in [1.54, 1.807) is 18.2 Å². The molecule has 2 heterocycles. The van der Waals surface area contributed by atoms with Gasteiger partial charge in [0.05, 0.1) is 11.1 Å². The first-order chi connectivity index (χ1) is 12.6. The smallest absolute Gasteiger partial charge is 0.231 e. The van der Waals surface area contributed by atoms with E-state index in [1.807, 2.05) is 24.3 Å². The third-order valence-corrected chi connectivity index (χ3v) is 5.66. The number of halogens is 1. The maximum Gasteiger partial charge on any atom is 0.231 e. The van der Waals surface area contributed by atoms with E-state index >= 15 is 0 Å². The standard InChI is InChI=1S/C21H20BrNO3/c22-17-7-3-2-6-14(17)12-19-20(25)15-8-9-18(24)16(21(15)26-19)13-23-10-4-1-5-11-23/h2-3,6-9,12,24H,1,4-5,10-11,13H2/b19-12-. The number of allylic oxidation sites excluding steroid dienone is 1. The molecule has 2 aliphatic heterocycles. The number of hydrogen-bond donors (Lipinski definition) is 1. The van der Waals surface area contributed by atoms with Crippen molar-refractivity contribution in [3.8, 4) is 11.5 Å². The van der Waals surface area contributed by atoms with Gasteiger partial charge in [-0.15, -0.1) is 0 Å². The number of hydrogen-bond acceptors (Lipinski definition) is 4. The molecule has 0 aliphatic carbocycles. The highest BCUT2D eigenvalue weighted by Gasteiger charge is 2.32. The van der Waals surface area contributed by atoms with Gasteiger partial charge in [0.25, 0.3) is 0 Å². The number of nitrogens with zero attached hydrogens (tertiary/aromatic N) is 1. The summed E-state index contributed by atoms with van der Waals surface area (Å²) in [6.07, 6.45) is 5.34. The summed E-state index contributed by atoms with van der Waals surface area (Å²) >= 11 is 3.49. The summed E-state index contributed by atoms with van der Waals surface area (Å²) in [4.78, 5) is 15.1. The van der Waals surface area contributed by atoms with Gasteiger partial charge < -0.3 is 9.84 Å². The van der Waals surface area contributed by atoms with Crippen LogP contribution in [0.2, 0.25) is 0 Å². The Labute approximate surface area is 161 Å². The lowest BCUT2D eigenvalue weighted by molar-refractivity contribution is 0.101. The number of carbonyl (C=O) groups is 1. The summed E-state index contributed by atoms with van der Waals surface area (Å²) in [5.74, 6) is 0.830. The van der Waals surface area contributed by atoms with Crippen molar-refractivity contribution in [2.24, 2.45) is 0 Å². The summed E-state index contributed by atoms with van der Waals surface area (Å²) in [7, 11) is 0. The fourth-order valence-electron chi connectivity index (χ4n) is 3.52. The van der Waals surface area contributed by atoms with Crippen LogP contribution >= 0.6 is 15.9 Å². The molecule has 0 saturated carbocycles. The normalized spacial score (nSPS) is 18.8. The Kier molecular flexibility index (Phi) is 4.83. The predicted molar refractivity (Wildman–Crippen MR) is 104 cm³/mol. The molecule has 0 amide bonds. The lowest BCUT2D eigenvalue weighted by Crippen LogP contribution is -2.29. The molecule has 0 aromatic heterocycles. The second-order valence-corrected chi connectivity index (χ2v) is 7.59. The lowest BCUT2D eigenvalue weighted by atomic mass is 10.0. The molecule has 2 aromatic rings. The topological polar surface area (TPSA) is 49.8 Å². The second kappa shape index (κ2) is 7.25. The fraction of sp³-hybridized carbons (Fsp3) is 0.286. The molecule has 0 radical (unpaired) electrons. The van der Waals surface area contributed by atoms with E-state index in [9.17, 15) is 9.90 Å². The number of aromatic hydroxyl groups is 1. The van der Waals surface area contributed by atoms with E-state index in [1.165, 1.54) is 19.3 Å². The Bertz CT molecular complexity index is 885. The van der Waals surface area contributed by atoms with Crippen LogP contribution in [0.4, 0.5) is 0 Å². The van der Waals surface area contributed by atoms with Gasteiger partial charge in [0.2, 0.25) is 5.78 Å². The zero-order valence-electron chi connectivity index (χ0n) is 14.4. The summed E-state index contributed by atoms with van der Waals surface area (Å²) in [6.45, 7) is 2.62. The van der Waals surface area contributed by atoms with Crippen LogP contribution in [0.25, 0.3) is 6.08 Å². The molecule has 1 fully saturated rings. The van der Waals surface area contributed by atoms with Crippen molar-refractivity contribution in [3.63, 3.8) is 0 Å². The first kappa shape index (κ1) is 17.3. The number of phenols is 1. The van der Waals surface area contributed by atoms with Crippen molar-refractivity contribution in [1.29, 1.82) is 0 Å². The number of ether oxygens (including phenoxy) is 1. The van der Waals surface area contributed by atoms with Crippen molar-refractivity contribution < 1.29 is 14.6 Å². The van der Waals surface area contributed by atoms with Gasteiger partial charge in [-0.2, -0.15) is 0 Å². The van der Waals surface area contributed by atoms with Crippen LogP contribution in [-0.2, 0) is 6.54 Å². The summed E-state index contributed by atoms with van der Waals surface area (Å²) < 4.78 is 6.84. The maximum atomic E-state index is 12.8. The molecule has 0 spiro atoms. The van der Waals surface area contributed by atoms with Crippen molar-refractivity contribution >= 4 is 27.8 Å². The highest BCUT2D eigenvalue weighted by molar-refractivity contribution is 9.10. The molecule has 0 bridgehead atoms. The number of rotatable bonds is 3. The molecular weight excluding hydrogens is 394 g/mol. The minimum absolute atomic E-state index is 0.143. The first-order valence-corrected chi connectivity index (χ1v) is 9.69. The van der Waals surface area contributed by atoms with Gasteiger partial charge in [0.1, 0.15) is 11.5 Å². The monoisotopic (exact) mass is 413 g/mol. The van der Waals surface area contributed by atoms with Gasteiger partial charge in [-0.3, -0.25) is 9.69 Å². The molecule has 4 rings (SSSR count). The van der Waals surface area contributed by atoms with Crippen molar-refractivity contribution in [3.05, 3.63) is 63.3 Å². The fourth-order valence-corrected chi connectivity index (χ4v) is 3.92. The SMILES string of the molecule is O=C1/C(=C/c2ccccc2Br)Oc2c1ccc(O)c2CN1CCCCC1. The largest absolute Gasteiger partial charge is 0.507 e. The lowest BCUT2D eigenvalue weighted by Gasteiger charge is -2.27. The Morgan fingerprint density at radius 2 is 1.88 bits per heavy atom. The molecular formula is C21H20BrNO3.